The van der Waals surface area contributed by atoms with Crippen LogP contribution in [-0.2, 0) is 33.2 Å². The molecule has 0 saturated carbocycles. The van der Waals surface area contributed by atoms with Crippen molar-refractivity contribution in [3.05, 3.63) is 158 Å². The molecule has 0 radical (unpaired) electrons. The third-order valence-electron chi connectivity index (χ3n) is 21.5. The Kier molecular flexibility index (Phi) is 67.6. The van der Waals surface area contributed by atoms with E-state index >= 15 is 0 Å². The van der Waals surface area contributed by atoms with Gasteiger partial charge in [0.1, 0.15) is 73.2 Å². The van der Waals surface area contributed by atoms with Crippen molar-refractivity contribution >= 4 is 5.91 Å². The van der Waals surface area contributed by atoms with E-state index in [1.54, 1.807) is 6.08 Å². The summed E-state index contributed by atoms with van der Waals surface area (Å²) in [7, 11) is 0. The van der Waals surface area contributed by atoms with Gasteiger partial charge in [0.05, 0.1) is 38.6 Å². The first kappa shape index (κ1) is 106. The zero-order valence-corrected chi connectivity index (χ0v) is 71.7. The molecular formula is C97H163NO18. The molecule has 19 heteroatoms. The van der Waals surface area contributed by atoms with Gasteiger partial charge in [0.2, 0.25) is 5.91 Å². The van der Waals surface area contributed by atoms with E-state index in [-0.39, 0.29) is 18.9 Å². The molecule has 0 aliphatic carbocycles. The summed E-state index contributed by atoms with van der Waals surface area (Å²) in [6.07, 6.45) is 83.9. The first-order valence-electron chi connectivity index (χ1n) is 45.7. The molecule has 19 nitrogen and oxygen atoms in total. The normalized spacial score (nSPS) is 25.3. The molecule has 3 aliphatic heterocycles. The molecule has 17 atom stereocenters. The topological polar surface area (TPSA) is 307 Å². The lowest BCUT2D eigenvalue weighted by Crippen LogP contribution is -2.66. The van der Waals surface area contributed by atoms with Crippen molar-refractivity contribution in [3.63, 3.8) is 0 Å². The summed E-state index contributed by atoms with van der Waals surface area (Å²) in [5.41, 5.74) is 0. The van der Waals surface area contributed by atoms with Crippen LogP contribution in [0.1, 0.15) is 316 Å². The van der Waals surface area contributed by atoms with Gasteiger partial charge in [0.25, 0.3) is 0 Å². The summed E-state index contributed by atoms with van der Waals surface area (Å²) in [4.78, 5) is 13.5. The van der Waals surface area contributed by atoms with Gasteiger partial charge in [-0.1, -0.05) is 345 Å². The molecule has 3 saturated heterocycles. The molecule has 12 N–H and O–H groups in total. The van der Waals surface area contributed by atoms with Gasteiger partial charge in [-0.2, -0.15) is 0 Å². The Morgan fingerprint density at radius 3 is 0.966 bits per heavy atom. The molecule has 116 heavy (non-hydrogen) atoms. The summed E-state index contributed by atoms with van der Waals surface area (Å²) in [6, 6.07) is -1.01. The van der Waals surface area contributed by atoms with E-state index in [1.165, 1.54) is 161 Å². The molecule has 17 unspecified atom stereocenters. The Morgan fingerprint density at radius 2 is 0.603 bits per heavy atom. The lowest BCUT2D eigenvalue weighted by Gasteiger charge is -2.48. The van der Waals surface area contributed by atoms with Crippen LogP contribution in [0.4, 0.5) is 0 Å². The minimum atomic E-state index is -1.99. The molecule has 664 valence electrons. The summed E-state index contributed by atoms with van der Waals surface area (Å²) >= 11 is 0. The highest BCUT2D eigenvalue weighted by Crippen LogP contribution is 2.33. The Hall–Kier alpha value is -4.59. The third kappa shape index (κ3) is 51.9. The van der Waals surface area contributed by atoms with E-state index in [0.717, 1.165) is 122 Å². The molecule has 1 amide bonds. The number of unbranched alkanes of at least 4 members (excludes halogenated alkanes) is 32. The van der Waals surface area contributed by atoms with Gasteiger partial charge in [-0.05, 0) is 122 Å². The molecule has 3 heterocycles. The van der Waals surface area contributed by atoms with Crippen molar-refractivity contribution < 1.29 is 89.4 Å². The molecule has 0 bridgehead atoms. The van der Waals surface area contributed by atoms with Crippen LogP contribution < -0.4 is 5.32 Å². The number of amides is 1. The lowest BCUT2D eigenvalue weighted by atomic mass is 9.96. The van der Waals surface area contributed by atoms with Crippen molar-refractivity contribution in [3.8, 4) is 0 Å². The first-order valence-corrected chi connectivity index (χ1v) is 45.7. The summed E-state index contributed by atoms with van der Waals surface area (Å²) < 4.78 is 34.5. The average Bonchev–Trinajstić information content (AvgIpc) is 0.783. The van der Waals surface area contributed by atoms with Crippen LogP contribution >= 0.6 is 0 Å². The summed E-state index contributed by atoms with van der Waals surface area (Å²) in [5, 5.41) is 121. The zero-order chi connectivity index (χ0) is 83.8. The number of carbonyl (C=O) groups is 1. The number of aliphatic hydroxyl groups excluding tert-OH is 11. The number of aliphatic hydroxyl groups is 11. The van der Waals surface area contributed by atoms with Crippen LogP contribution in [0, 0.1) is 0 Å². The van der Waals surface area contributed by atoms with Gasteiger partial charge >= 0.3 is 0 Å². The Labute approximate surface area is 701 Å². The van der Waals surface area contributed by atoms with E-state index in [4.69, 9.17) is 28.4 Å². The monoisotopic (exact) mass is 1630 g/mol. The third-order valence-corrected chi connectivity index (χ3v) is 21.5. The van der Waals surface area contributed by atoms with Crippen LogP contribution in [0.15, 0.2) is 158 Å². The minimum absolute atomic E-state index is 0.217. The maximum Gasteiger partial charge on any atom is 0.220 e. The average molecular weight is 1630 g/mol. The van der Waals surface area contributed by atoms with E-state index in [1.807, 2.05) is 6.08 Å². The highest BCUT2D eigenvalue weighted by molar-refractivity contribution is 5.76. The van der Waals surface area contributed by atoms with Crippen molar-refractivity contribution in [2.75, 3.05) is 26.4 Å². The number of rotatable bonds is 72. The summed E-state index contributed by atoms with van der Waals surface area (Å²) in [5.74, 6) is -0.298. The van der Waals surface area contributed by atoms with Crippen molar-refractivity contribution in [2.24, 2.45) is 0 Å². The fourth-order valence-electron chi connectivity index (χ4n) is 14.3. The number of nitrogens with one attached hydrogen (secondary N) is 1. The van der Waals surface area contributed by atoms with Crippen molar-refractivity contribution in [1.82, 2.24) is 5.32 Å². The molecule has 0 aromatic heterocycles. The Balaban J connectivity index is 1.35. The van der Waals surface area contributed by atoms with Gasteiger partial charge < -0.3 is 89.9 Å². The Bertz CT molecular complexity index is 2720. The SMILES string of the molecule is CC/C=C\C/C=C\C/C=C\C/C=C\C/C=C\C/C=C\C/C=C\C/C=C\C/C=C\C/C=C\CCCCCCCCCCCCC(=O)NC(COC1OC(CO)C(OC2OC(CO)C(OC3OC(CO)C(O)C(O)C3O)C(O)C2O)C(O)C1O)C(O)/C=C/CC/C=C/CC/C=C/CCCCCCCCCCCCCCCCCCCCCC. The second kappa shape index (κ2) is 74.3. The smallest absolute Gasteiger partial charge is 0.220 e. The number of allylic oxidation sites excluding steroid dienone is 25. The van der Waals surface area contributed by atoms with Crippen LogP contribution in [0.25, 0.3) is 0 Å². The number of carbonyl (C=O) groups excluding carboxylic acids is 1. The van der Waals surface area contributed by atoms with Crippen molar-refractivity contribution in [1.29, 1.82) is 0 Å². The van der Waals surface area contributed by atoms with Gasteiger partial charge in [0.15, 0.2) is 18.9 Å². The lowest BCUT2D eigenvalue weighted by molar-refractivity contribution is -0.379. The van der Waals surface area contributed by atoms with Gasteiger partial charge in [-0.15, -0.1) is 0 Å². The van der Waals surface area contributed by atoms with Crippen molar-refractivity contribution in [2.45, 2.75) is 420 Å². The van der Waals surface area contributed by atoms with Gasteiger partial charge in [0, 0.05) is 6.42 Å². The van der Waals surface area contributed by atoms with E-state index < -0.39 is 124 Å². The predicted octanol–water partition coefficient (Wildman–Crippen LogP) is 17.9. The quantitative estimate of drug-likeness (QED) is 0.0199. The molecule has 3 aliphatic rings. The van der Waals surface area contributed by atoms with Crippen LogP contribution in [-0.4, -0.2) is 193 Å². The van der Waals surface area contributed by atoms with Crippen LogP contribution in [0.5, 0.6) is 0 Å². The van der Waals surface area contributed by atoms with Gasteiger partial charge in [-0.3, -0.25) is 4.79 Å². The van der Waals surface area contributed by atoms with E-state index in [0.29, 0.717) is 12.8 Å². The van der Waals surface area contributed by atoms with Gasteiger partial charge in [-0.25, -0.2) is 0 Å². The molecule has 3 rings (SSSR count). The molecule has 3 fully saturated rings. The maximum absolute atomic E-state index is 13.5. The van der Waals surface area contributed by atoms with Crippen LogP contribution in [0.2, 0.25) is 0 Å². The molecular weight excluding hydrogens is 1470 g/mol. The molecule has 0 aromatic carbocycles. The largest absolute Gasteiger partial charge is 0.394 e. The van der Waals surface area contributed by atoms with Crippen LogP contribution in [0.3, 0.4) is 0 Å². The summed E-state index contributed by atoms with van der Waals surface area (Å²) in [6.45, 7) is 1.61. The second-order valence-corrected chi connectivity index (χ2v) is 31.7. The number of hydrogen-bond donors (Lipinski definition) is 12. The predicted molar refractivity (Wildman–Crippen MR) is 470 cm³/mol. The van der Waals surface area contributed by atoms with E-state index in [9.17, 15) is 61.0 Å². The second-order valence-electron chi connectivity index (χ2n) is 31.7. The van der Waals surface area contributed by atoms with E-state index in [2.05, 4.69) is 165 Å². The fraction of sp³-hybridized carbons (Fsp3) is 0.722. The Morgan fingerprint density at radius 1 is 0.319 bits per heavy atom. The number of ether oxygens (including phenoxy) is 6. The maximum atomic E-state index is 13.5. The number of hydrogen-bond acceptors (Lipinski definition) is 18. The zero-order valence-electron chi connectivity index (χ0n) is 71.7. The minimum Gasteiger partial charge on any atom is -0.394 e. The first-order chi connectivity index (χ1) is 56.8. The molecule has 0 spiro atoms. The fourth-order valence-corrected chi connectivity index (χ4v) is 14.3. The molecule has 0 aromatic rings. The standard InChI is InChI=1S/C97H163NO18/c1-3-5-7-9-11-13-15-17-19-21-23-25-27-29-31-33-35-36-37-38-39-40-41-42-43-44-45-47-49-51-53-55-57-59-61-63-65-67-69-71-73-75-85(103)98-80(81(102)74-72-70-68-66-64-62-60-58-56-54-52-50-48-46-34-32-30-28-26-24-22-20-18-16-14-12-10-8-6-4-2)79-111-95-91(109)88(106)93(83(77-100)113-95)116-97-92(110)89(107)94(84(78-101)114-97)115-96-90(108)87(105)86(104)82(76-99)112-96/h5,7,11,13,17,19,23,25,29,31,35-36,38-39,41-42,44-45,49,51,56,58,64,66,72,74,80-84,86-97,99-102,104-110H,3-4,6,8-10,12,14-16,18,20-22,24,26-28,30,32-34,37,40,43,46-48,50,52-55,57,59-63,65,67-71,73,75-79H2,1-2H3,(H,98,103)/b7-5-,13-11-,19-17-,25-23-,31-29-,36-35-,39-38-,42-41-,45-44-,51-49-,58-56+,66-64+,74-72+. The highest BCUT2D eigenvalue weighted by Gasteiger charge is 2.54. The highest BCUT2D eigenvalue weighted by atomic mass is 16.8.